The molecular weight excluding hydrogens is 357 g/mol. The average Bonchev–Trinajstić information content (AvgIpc) is 2.55. The minimum Gasteiger partial charge on any atom is -0.374 e. The second-order valence-corrected chi connectivity index (χ2v) is 7.58. The van der Waals surface area contributed by atoms with Crippen molar-refractivity contribution in [2.75, 3.05) is 0 Å². The zero-order valence-corrected chi connectivity index (χ0v) is 13.9. The molecule has 0 radical (unpaired) electrons. The SMILES string of the molecule is CC(O)(C(=O)Cc1ccc(S(=O)(=O)c2ccccc2)cc1)C(F)(F)F. The first-order valence-electron chi connectivity index (χ1n) is 7.18. The van der Waals surface area contributed by atoms with Gasteiger partial charge in [0.05, 0.1) is 9.79 Å². The zero-order valence-electron chi connectivity index (χ0n) is 13.1. The summed E-state index contributed by atoms with van der Waals surface area (Å²) in [7, 11) is -3.75. The van der Waals surface area contributed by atoms with Crippen LogP contribution in [0.15, 0.2) is 64.4 Å². The molecule has 0 heterocycles. The van der Waals surface area contributed by atoms with Crippen molar-refractivity contribution >= 4 is 15.6 Å². The lowest BCUT2D eigenvalue weighted by Gasteiger charge is -2.24. The molecule has 0 saturated carbocycles. The fourth-order valence-electron chi connectivity index (χ4n) is 2.04. The van der Waals surface area contributed by atoms with Crippen LogP contribution < -0.4 is 0 Å². The number of rotatable bonds is 5. The summed E-state index contributed by atoms with van der Waals surface area (Å²) in [6.45, 7) is 0.392. The summed E-state index contributed by atoms with van der Waals surface area (Å²) in [5, 5.41) is 9.34. The van der Waals surface area contributed by atoms with Crippen LogP contribution in [-0.2, 0) is 21.1 Å². The Morgan fingerprint density at radius 3 is 1.92 bits per heavy atom. The molecular formula is C17H15F3O4S. The molecule has 134 valence electrons. The number of hydrogen-bond donors (Lipinski definition) is 1. The van der Waals surface area contributed by atoms with Gasteiger partial charge < -0.3 is 5.11 Å². The topological polar surface area (TPSA) is 71.4 Å². The van der Waals surface area contributed by atoms with Gasteiger partial charge in [-0.25, -0.2) is 8.42 Å². The van der Waals surface area contributed by atoms with Gasteiger partial charge in [0.15, 0.2) is 5.78 Å². The summed E-state index contributed by atoms with van der Waals surface area (Å²) in [6, 6.07) is 12.6. The van der Waals surface area contributed by atoms with E-state index in [4.69, 9.17) is 0 Å². The molecule has 8 heteroatoms. The third-order valence-electron chi connectivity index (χ3n) is 3.75. The second-order valence-electron chi connectivity index (χ2n) is 5.63. The summed E-state index contributed by atoms with van der Waals surface area (Å²) < 4.78 is 62.7. The molecule has 2 aromatic rings. The number of Topliss-reactive ketones (excluding diaryl/α,β-unsaturated/α-hetero) is 1. The van der Waals surface area contributed by atoms with Crippen molar-refractivity contribution in [2.24, 2.45) is 0 Å². The molecule has 2 rings (SSSR count). The van der Waals surface area contributed by atoms with Crippen LogP contribution >= 0.6 is 0 Å². The highest BCUT2D eigenvalue weighted by atomic mass is 32.2. The van der Waals surface area contributed by atoms with Gasteiger partial charge in [-0.1, -0.05) is 30.3 Å². The number of halogens is 3. The Morgan fingerprint density at radius 1 is 0.960 bits per heavy atom. The van der Waals surface area contributed by atoms with E-state index in [0.717, 1.165) is 0 Å². The summed E-state index contributed by atoms with van der Waals surface area (Å²) >= 11 is 0. The highest BCUT2D eigenvalue weighted by Crippen LogP contribution is 2.31. The van der Waals surface area contributed by atoms with Crippen molar-refractivity contribution in [3.63, 3.8) is 0 Å². The quantitative estimate of drug-likeness (QED) is 0.876. The van der Waals surface area contributed by atoms with Crippen molar-refractivity contribution in [3.8, 4) is 0 Å². The predicted octanol–water partition coefficient (Wildman–Crippen LogP) is 2.94. The predicted molar refractivity (Wildman–Crippen MR) is 83.7 cm³/mol. The summed E-state index contributed by atoms with van der Waals surface area (Å²) in [4.78, 5) is 11.7. The van der Waals surface area contributed by atoms with Crippen molar-refractivity contribution < 1.29 is 31.5 Å². The molecule has 0 amide bonds. The molecule has 2 aromatic carbocycles. The molecule has 0 aliphatic carbocycles. The molecule has 1 atom stereocenters. The molecule has 0 spiro atoms. The maximum atomic E-state index is 12.6. The lowest BCUT2D eigenvalue weighted by atomic mass is 9.95. The van der Waals surface area contributed by atoms with Gasteiger partial charge in [0, 0.05) is 6.42 Å². The molecule has 0 bridgehead atoms. The molecule has 0 saturated heterocycles. The number of alkyl halides is 3. The number of aliphatic hydroxyl groups is 1. The van der Waals surface area contributed by atoms with Crippen LogP contribution in [0.1, 0.15) is 12.5 Å². The van der Waals surface area contributed by atoms with E-state index in [1.165, 1.54) is 36.4 Å². The van der Waals surface area contributed by atoms with Crippen LogP contribution in [0.5, 0.6) is 0 Å². The second kappa shape index (κ2) is 6.61. The van der Waals surface area contributed by atoms with Gasteiger partial charge in [-0.05, 0) is 36.8 Å². The largest absolute Gasteiger partial charge is 0.424 e. The smallest absolute Gasteiger partial charge is 0.374 e. The average molecular weight is 372 g/mol. The van der Waals surface area contributed by atoms with E-state index in [9.17, 15) is 31.5 Å². The Kier molecular flexibility index (Phi) is 5.06. The van der Waals surface area contributed by atoms with E-state index in [1.54, 1.807) is 18.2 Å². The molecule has 1 unspecified atom stereocenters. The fourth-order valence-corrected chi connectivity index (χ4v) is 3.32. The van der Waals surface area contributed by atoms with Gasteiger partial charge in [0.2, 0.25) is 15.4 Å². The molecule has 25 heavy (non-hydrogen) atoms. The molecule has 0 aliphatic heterocycles. The molecule has 1 N–H and O–H groups in total. The van der Waals surface area contributed by atoms with E-state index in [2.05, 4.69) is 0 Å². The van der Waals surface area contributed by atoms with Crippen LogP contribution in [0, 0.1) is 0 Å². The normalized spacial score (nSPS) is 14.8. The highest BCUT2D eigenvalue weighted by Gasteiger charge is 2.54. The number of carbonyl (C=O) groups excluding carboxylic acids is 1. The molecule has 0 aromatic heterocycles. The number of carbonyl (C=O) groups is 1. The van der Waals surface area contributed by atoms with Gasteiger partial charge in [0.25, 0.3) is 0 Å². The fraction of sp³-hybridized carbons (Fsp3) is 0.235. The Labute approximate surface area is 142 Å². The van der Waals surface area contributed by atoms with Crippen LogP contribution in [-0.4, -0.2) is 31.1 Å². The van der Waals surface area contributed by atoms with Crippen molar-refractivity contribution in [2.45, 2.75) is 34.9 Å². The van der Waals surface area contributed by atoms with Crippen LogP contribution in [0.2, 0.25) is 0 Å². The summed E-state index contributed by atoms with van der Waals surface area (Å²) in [5.74, 6) is -1.42. The standard InChI is InChI=1S/C17H15F3O4S/c1-16(22,17(18,19)20)15(21)11-12-7-9-14(10-8-12)25(23,24)13-5-3-2-4-6-13/h2-10,22H,11H2,1H3. The van der Waals surface area contributed by atoms with E-state index in [1.807, 2.05) is 0 Å². The molecule has 0 aliphatic rings. The van der Waals surface area contributed by atoms with Gasteiger partial charge >= 0.3 is 6.18 Å². The van der Waals surface area contributed by atoms with Gasteiger partial charge in [0.1, 0.15) is 0 Å². The van der Waals surface area contributed by atoms with E-state index in [-0.39, 0.29) is 15.4 Å². The van der Waals surface area contributed by atoms with Crippen LogP contribution in [0.25, 0.3) is 0 Å². The minimum absolute atomic E-state index is 0.0440. The molecule has 0 fully saturated rings. The van der Waals surface area contributed by atoms with Gasteiger partial charge in [-0.15, -0.1) is 0 Å². The Hall–Kier alpha value is -2.19. The van der Waals surface area contributed by atoms with Crippen molar-refractivity contribution in [1.29, 1.82) is 0 Å². The zero-order chi connectivity index (χ0) is 18.9. The van der Waals surface area contributed by atoms with Gasteiger partial charge in [-0.3, -0.25) is 4.79 Å². The maximum Gasteiger partial charge on any atom is 0.424 e. The Bertz CT molecular complexity index is 855. The van der Waals surface area contributed by atoms with Crippen LogP contribution in [0.4, 0.5) is 13.2 Å². The first kappa shape index (κ1) is 19.1. The number of ketones is 1. The number of hydrogen-bond acceptors (Lipinski definition) is 4. The van der Waals surface area contributed by atoms with Crippen molar-refractivity contribution in [1.82, 2.24) is 0 Å². The monoisotopic (exact) mass is 372 g/mol. The highest BCUT2D eigenvalue weighted by molar-refractivity contribution is 7.91. The lowest BCUT2D eigenvalue weighted by molar-refractivity contribution is -0.243. The van der Waals surface area contributed by atoms with Gasteiger partial charge in [-0.2, -0.15) is 13.2 Å². The Balaban J connectivity index is 2.23. The number of benzene rings is 2. The first-order chi connectivity index (χ1) is 11.5. The first-order valence-corrected chi connectivity index (χ1v) is 8.66. The van der Waals surface area contributed by atoms with E-state index < -0.39 is 33.8 Å². The Morgan fingerprint density at radius 2 is 1.44 bits per heavy atom. The van der Waals surface area contributed by atoms with E-state index >= 15 is 0 Å². The molecule has 4 nitrogen and oxygen atoms in total. The lowest BCUT2D eigenvalue weighted by Crippen LogP contribution is -2.50. The number of sulfone groups is 1. The van der Waals surface area contributed by atoms with Crippen LogP contribution in [0.3, 0.4) is 0 Å². The van der Waals surface area contributed by atoms with Crippen molar-refractivity contribution in [3.05, 3.63) is 60.2 Å². The third-order valence-corrected chi connectivity index (χ3v) is 5.53. The third kappa shape index (κ3) is 3.91. The maximum absolute atomic E-state index is 12.6. The minimum atomic E-state index is -5.08. The van der Waals surface area contributed by atoms with E-state index in [0.29, 0.717) is 6.92 Å². The summed E-state index contributed by atoms with van der Waals surface area (Å²) in [5.41, 5.74) is -3.29. The summed E-state index contributed by atoms with van der Waals surface area (Å²) in [6.07, 6.45) is -5.75.